The molecule has 2 N–H and O–H groups in total. The Morgan fingerprint density at radius 1 is 1.10 bits per heavy atom. The number of thioether (sulfide) groups is 1. The predicted molar refractivity (Wildman–Crippen MR) is 158 cm³/mol. The quantitative estimate of drug-likeness (QED) is 0.338. The molecule has 1 aromatic heterocycles. The number of likely N-dealkylation sites (tertiary alicyclic amines) is 1. The highest BCUT2D eigenvalue weighted by Gasteiger charge is 2.34. The number of ether oxygens (including phenoxy) is 1. The fraction of sp³-hybridized carbons (Fsp3) is 0.400. The molecule has 1 fully saturated rings. The van der Waals surface area contributed by atoms with Gasteiger partial charge < -0.3 is 20.3 Å². The molecule has 2 amide bonds. The van der Waals surface area contributed by atoms with Gasteiger partial charge in [-0.25, -0.2) is 4.68 Å². The summed E-state index contributed by atoms with van der Waals surface area (Å²) in [6.07, 6.45) is 4.28. The zero-order chi connectivity index (χ0) is 28.1. The van der Waals surface area contributed by atoms with E-state index in [2.05, 4.69) is 22.5 Å². The summed E-state index contributed by atoms with van der Waals surface area (Å²) in [5, 5.41) is 11.8. The first-order chi connectivity index (χ1) is 19.4. The van der Waals surface area contributed by atoms with Crippen molar-refractivity contribution in [3.63, 3.8) is 0 Å². The number of nitrogens with zero attached hydrogens (tertiary/aromatic N) is 4. The lowest BCUT2D eigenvalue weighted by molar-refractivity contribution is -0.134. The van der Waals surface area contributed by atoms with Gasteiger partial charge in [0.05, 0.1) is 5.57 Å². The monoisotopic (exact) mass is 560 g/mol. The first kappa shape index (κ1) is 27.8. The minimum Gasteiger partial charge on any atom is -0.484 e. The number of aromatic nitrogens is 3. The van der Waals surface area contributed by atoms with Crippen molar-refractivity contribution in [2.75, 3.05) is 36.1 Å². The van der Waals surface area contributed by atoms with Crippen LogP contribution >= 0.6 is 11.8 Å². The third kappa shape index (κ3) is 6.33. The van der Waals surface area contributed by atoms with E-state index in [1.54, 1.807) is 16.4 Å². The van der Waals surface area contributed by atoms with E-state index in [1.807, 2.05) is 67.3 Å². The molecule has 1 atom stereocenters. The average Bonchev–Trinajstić information content (AvgIpc) is 3.37. The summed E-state index contributed by atoms with van der Waals surface area (Å²) in [7, 11) is 0. The summed E-state index contributed by atoms with van der Waals surface area (Å²) >= 11 is 1.59. The normalized spacial score (nSPS) is 16.8. The topological polar surface area (TPSA) is 101 Å². The van der Waals surface area contributed by atoms with E-state index in [0.29, 0.717) is 22.4 Å². The molecular formula is C30H36N6O3S. The van der Waals surface area contributed by atoms with Crippen molar-refractivity contribution in [3.8, 4) is 5.75 Å². The van der Waals surface area contributed by atoms with E-state index < -0.39 is 6.04 Å². The molecule has 3 heterocycles. The van der Waals surface area contributed by atoms with Gasteiger partial charge in [0.2, 0.25) is 11.1 Å². The highest BCUT2D eigenvalue weighted by molar-refractivity contribution is 7.99. The molecule has 1 saturated heterocycles. The van der Waals surface area contributed by atoms with Crippen molar-refractivity contribution in [1.82, 2.24) is 19.7 Å². The Balaban J connectivity index is 1.40. The summed E-state index contributed by atoms with van der Waals surface area (Å²) in [5.74, 6) is 1.91. The average molecular weight is 561 g/mol. The summed E-state index contributed by atoms with van der Waals surface area (Å²) in [6.45, 7) is 7.61. The van der Waals surface area contributed by atoms with Gasteiger partial charge in [-0.3, -0.25) is 9.59 Å². The maximum atomic E-state index is 13.7. The van der Waals surface area contributed by atoms with Gasteiger partial charge in [0.25, 0.3) is 11.8 Å². The number of anilines is 2. The van der Waals surface area contributed by atoms with Gasteiger partial charge >= 0.3 is 0 Å². The molecule has 2 aromatic carbocycles. The van der Waals surface area contributed by atoms with Crippen molar-refractivity contribution in [2.24, 2.45) is 0 Å². The van der Waals surface area contributed by atoms with Gasteiger partial charge in [0.1, 0.15) is 11.8 Å². The van der Waals surface area contributed by atoms with Gasteiger partial charge in [-0.15, -0.1) is 5.10 Å². The van der Waals surface area contributed by atoms with Crippen LogP contribution in [0.5, 0.6) is 5.75 Å². The van der Waals surface area contributed by atoms with Crippen LogP contribution in [0.2, 0.25) is 0 Å². The minimum absolute atomic E-state index is 0.0140. The molecule has 0 bridgehead atoms. The standard InChI is InChI=1S/C30H36N6O3S/c1-4-17-40-30-33-29-31-21(3)26(28(38)32-23-10-8-9-20(2)18-23)27(36(29)34-30)22-11-13-24(14-12-22)39-19-25(37)35-15-6-5-7-16-35/h8-14,18,27H,4-7,15-17,19H2,1-3H3,(H,32,38)(H,31,33,34). The van der Waals surface area contributed by atoms with Crippen LogP contribution in [0, 0.1) is 6.92 Å². The van der Waals surface area contributed by atoms with Crippen molar-refractivity contribution in [2.45, 2.75) is 57.7 Å². The molecule has 3 aromatic rings. The van der Waals surface area contributed by atoms with Crippen LogP contribution in [0.3, 0.4) is 0 Å². The Morgan fingerprint density at radius 2 is 1.88 bits per heavy atom. The Hall–Kier alpha value is -3.79. The number of aryl methyl sites for hydroxylation is 1. The lowest BCUT2D eigenvalue weighted by Gasteiger charge is -2.29. The van der Waals surface area contributed by atoms with E-state index >= 15 is 0 Å². The third-order valence-corrected chi connectivity index (χ3v) is 8.10. The highest BCUT2D eigenvalue weighted by atomic mass is 32.2. The molecule has 1 unspecified atom stereocenters. The van der Waals surface area contributed by atoms with Crippen LogP contribution in [-0.2, 0) is 9.59 Å². The highest BCUT2D eigenvalue weighted by Crippen LogP contribution is 2.37. The van der Waals surface area contributed by atoms with Gasteiger partial charge in [-0.1, -0.05) is 43.0 Å². The Kier molecular flexibility index (Phi) is 8.74. The van der Waals surface area contributed by atoms with E-state index in [9.17, 15) is 9.59 Å². The minimum atomic E-state index is -0.492. The first-order valence-electron chi connectivity index (χ1n) is 13.9. The summed E-state index contributed by atoms with van der Waals surface area (Å²) in [6, 6.07) is 14.8. The first-order valence-corrected chi connectivity index (χ1v) is 14.9. The zero-order valence-electron chi connectivity index (χ0n) is 23.3. The fourth-order valence-corrected chi connectivity index (χ4v) is 5.72. The molecule has 0 saturated carbocycles. The van der Waals surface area contributed by atoms with Crippen LogP contribution < -0.4 is 15.4 Å². The molecule has 5 rings (SSSR count). The Morgan fingerprint density at radius 3 is 2.60 bits per heavy atom. The second kappa shape index (κ2) is 12.6. The lowest BCUT2D eigenvalue weighted by atomic mass is 9.95. The van der Waals surface area contributed by atoms with Crippen molar-refractivity contribution in [1.29, 1.82) is 0 Å². The number of rotatable bonds is 9. The summed E-state index contributed by atoms with van der Waals surface area (Å²) in [5.41, 5.74) is 3.93. The Bertz CT molecular complexity index is 1390. The molecular weight excluding hydrogens is 524 g/mol. The molecule has 9 nitrogen and oxygen atoms in total. The Labute approximate surface area is 239 Å². The summed E-state index contributed by atoms with van der Waals surface area (Å²) < 4.78 is 7.62. The largest absolute Gasteiger partial charge is 0.484 e. The number of fused-ring (bicyclic) bond motifs is 1. The zero-order valence-corrected chi connectivity index (χ0v) is 24.1. The van der Waals surface area contributed by atoms with Crippen molar-refractivity contribution < 1.29 is 14.3 Å². The van der Waals surface area contributed by atoms with Gasteiger partial charge in [0, 0.05) is 30.2 Å². The molecule has 210 valence electrons. The smallest absolute Gasteiger partial charge is 0.260 e. The van der Waals surface area contributed by atoms with Gasteiger partial charge in [0.15, 0.2) is 6.61 Å². The number of allylic oxidation sites excluding steroid dienone is 1. The second-order valence-corrected chi connectivity index (χ2v) is 11.3. The maximum Gasteiger partial charge on any atom is 0.260 e. The summed E-state index contributed by atoms with van der Waals surface area (Å²) in [4.78, 5) is 32.8. The maximum absolute atomic E-state index is 13.7. The number of benzene rings is 2. The molecule has 10 heteroatoms. The van der Waals surface area contributed by atoms with Gasteiger partial charge in [-0.05, 0) is 74.9 Å². The predicted octanol–water partition coefficient (Wildman–Crippen LogP) is 5.41. The third-order valence-electron chi connectivity index (χ3n) is 7.06. The second-order valence-electron chi connectivity index (χ2n) is 10.2. The molecule has 0 spiro atoms. The van der Waals surface area contributed by atoms with Gasteiger partial charge in [-0.2, -0.15) is 4.98 Å². The van der Waals surface area contributed by atoms with E-state index in [1.165, 1.54) is 6.42 Å². The number of hydrogen-bond donors (Lipinski definition) is 2. The molecule has 40 heavy (non-hydrogen) atoms. The SMILES string of the molecule is CCCSc1nc2n(n1)C(c1ccc(OCC(=O)N3CCCCC3)cc1)C(C(=O)Nc1cccc(C)c1)=C(C)N2. The van der Waals surface area contributed by atoms with Crippen LogP contribution in [0.4, 0.5) is 11.6 Å². The van der Waals surface area contributed by atoms with Crippen molar-refractivity contribution in [3.05, 3.63) is 70.9 Å². The number of hydrogen-bond acceptors (Lipinski definition) is 7. The lowest BCUT2D eigenvalue weighted by Crippen LogP contribution is -2.38. The molecule has 2 aliphatic rings. The van der Waals surface area contributed by atoms with Crippen LogP contribution in [0.15, 0.2) is 65.0 Å². The van der Waals surface area contributed by atoms with E-state index in [0.717, 1.165) is 60.6 Å². The number of carbonyl (C=O) groups is 2. The number of carbonyl (C=O) groups excluding carboxylic acids is 2. The van der Waals surface area contributed by atoms with Crippen LogP contribution in [0.1, 0.15) is 56.7 Å². The molecule has 2 aliphatic heterocycles. The number of amides is 2. The number of nitrogens with one attached hydrogen (secondary N) is 2. The van der Waals surface area contributed by atoms with Crippen LogP contribution in [0.25, 0.3) is 0 Å². The van der Waals surface area contributed by atoms with E-state index in [4.69, 9.17) is 9.84 Å². The molecule has 0 aliphatic carbocycles. The molecule has 0 radical (unpaired) electrons. The van der Waals surface area contributed by atoms with Crippen LogP contribution in [-0.4, -0.2) is 56.9 Å². The fourth-order valence-electron chi connectivity index (χ4n) is 5.04. The van der Waals surface area contributed by atoms with E-state index in [-0.39, 0.29) is 18.4 Å². The van der Waals surface area contributed by atoms with Crippen molar-refractivity contribution >= 4 is 35.2 Å². The number of piperidine rings is 1.